The third-order valence-electron chi connectivity index (χ3n) is 4.21. The Bertz CT molecular complexity index is 538. The van der Waals surface area contributed by atoms with Crippen molar-refractivity contribution < 1.29 is 9.59 Å². The van der Waals surface area contributed by atoms with Crippen molar-refractivity contribution in [1.29, 1.82) is 0 Å². The number of carbonyl (C=O) groups excluding carboxylic acids is 2. The molecule has 2 unspecified atom stereocenters. The SMILES string of the molecule is CCC(=O)NC(CCSC)C(=O)N1CCC(Nc2ccccc2)C1. The Labute approximate surface area is 148 Å². The predicted octanol–water partition coefficient (Wildman–Crippen LogP) is 2.35. The molecule has 1 aromatic rings. The molecule has 2 N–H and O–H groups in total. The van der Waals surface area contributed by atoms with Crippen LogP contribution in [0.5, 0.6) is 0 Å². The number of hydrogen-bond donors (Lipinski definition) is 2. The van der Waals surface area contributed by atoms with Gasteiger partial charge in [0.2, 0.25) is 11.8 Å². The van der Waals surface area contributed by atoms with Gasteiger partial charge in [-0.3, -0.25) is 9.59 Å². The maximum absolute atomic E-state index is 12.8. The number of nitrogens with zero attached hydrogens (tertiary/aromatic N) is 1. The van der Waals surface area contributed by atoms with Crippen molar-refractivity contribution in [2.24, 2.45) is 0 Å². The molecule has 1 fully saturated rings. The fourth-order valence-electron chi connectivity index (χ4n) is 2.86. The van der Waals surface area contributed by atoms with Crippen molar-refractivity contribution in [3.05, 3.63) is 30.3 Å². The minimum Gasteiger partial charge on any atom is -0.380 e. The summed E-state index contributed by atoms with van der Waals surface area (Å²) in [4.78, 5) is 26.4. The van der Waals surface area contributed by atoms with Gasteiger partial charge < -0.3 is 15.5 Å². The first kappa shape index (κ1) is 18.6. The van der Waals surface area contributed by atoms with Crippen LogP contribution in [0.3, 0.4) is 0 Å². The molecule has 5 nitrogen and oxygen atoms in total. The van der Waals surface area contributed by atoms with E-state index >= 15 is 0 Å². The third kappa shape index (κ3) is 5.44. The topological polar surface area (TPSA) is 61.4 Å². The molecule has 0 radical (unpaired) electrons. The molecule has 6 heteroatoms. The highest BCUT2D eigenvalue weighted by Crippen LogP contribution is 2.17. The van der Waals surface area contributed by atoms with Crippen molar-refractivity contribution in [1.82, 2.24) is 10.2 Å². The van der Waals surface area contributed by atoms with Crippen LogP contribution in [-0.2, 0) is 9.59 Å². The predicted molar refractivity (Wildman–Crippen MR) is 100 cm³/mol. The van der Waals surface area contributed by atoms with Crippen molar-refractivity contribution in [2.45, 2.75) is 38.3 Å². The molecular weight excluding hydrogens is 322 g/mol. The Balaban J connectivity index is 1.91. The fourth-order valence-corrected chi connectivity index (χ4v) is 3.33. The lowest BCUT2D eigenvalue weighted by Crippen LogP contribution is -2.48. The number of hydrogen-bond acceptors (Lipinski definition) is 4. The summed E-state index contributed by atoms with van der Waals surface area (Å²) in [7, 11) is 0. The van der Waals surface area contributed by atoms with Gasteiger partial charge in [0, 0.05) is 31.2 Å². The van der Waals surface area contributed by atoms with E-state index < -0.39 is 6.04 Å². The summed E-state index contributed by atoms with van der Waals surface area (Å²) in [5.41, 5.74) is 1.08. The number of para-hydroxylation sites is 1. The molecule has 1 heterocycles. The lowest BCUT2D eigenvalue weighted by Gasteiger charge is -2.24. The highest BCUT2D eigenvalue weighted by atomic mass is 32.2. The summed E-state index contributed by atoms with van der Waals surface area (Å²) < 4.78 is 0. The number of nitrogens with one attached hydrogen (secondary N) is 2. The van der Waals surface area contributed by atoms with E-state index in [1.165, 1.54) is 0 Å². The number of carbonyl (C=O) groups is 2. The van der Waals surface area contributed by atoms with E-state index in [1.807, 2.05) is 41.5 Å². The molecule has 1 aromatic carbocycles. The van der Waals surface area contributed by atoms with Gasteiger partial charge in [-0.2, -0.15) is 11.8 Å². The summed E-state index contributed by atoms with van der Waals surface area (Å²) >= 11 is 1.69. The quantitative estimate of drug-likeness (QED) is 0.756. The lowest BCUT2D eigenvalue weighted by molar-refractivity contribution is -0.135. The summed E-state index contributed by atoms with van der Waals surface area (Å²) in [6, 6.07) is 9.92. The Morgan fingerprint density at radius 3 is 2.75 bits per heavy atom. The summed E-state index contributed by atoms with van der Waals surface area (Å²) in [5.74, 6) is 0.843. The smallest absolute Gasteiger partial charge is 0.245 e. The van der Waals surface area contributed by atoms with Crippen molar-refractivity contribution in [3.63, 3.8) is 0 Å². The molecular formula is C18H27N3O2S. The molecule has 132 valence electrons. The van der Waals surface area contributed by atoms with E-state index in [9.17, 15) is 9.59 Å². The van der Waals surface area contributed by atoms with Crippen LogP contribution in [0.25, 0.3) is 0 Å². The Hall–Kier alpha value is -1.69. The monoisotopic (exact) mass is 349 g/mol. The highest BCUT2D eigenvalue weighted by Gasteiger charge is 2.31. The number of amides is 2. The molecule has 0 aliphatic carbocycles. The summed E-state index contributed by atoms with van der Waals surface area (Å²) in [6.45, 7) is 3.23. The first-order valence-corrected chi connectivity index (χ1v) is 9.92. The first-order chi connectivity index (χ1) is 11.6. The standard InChI is InChI=1S/C18H27N3O2S/c1-3-17(22)20-16(10-12-24-2)18(23)21-11-9-15(13-21)19-14-7-5-4-6-8-14/h4-8,15-16,19H,3,9-13H2,1-2H3,(H,20,22). The number of benzene rings is 1. The average molecular weight is 350 g/mol. The third-order valence-corrected chi connectivity index (χ3v) is 4.85. The molecule has 2 atom stereocenters. The average Bonchev–Trinajstić information content (AvgIpc) is 3.07. The minimum absolute atomic E-state index is 0.0446. The van der Waals surface area contributed by atoms with E-state index in [0.29, 0.717) is 19.4 Å². The van der Waals surface area contributed by atoms with Crippen LogP contribution in [0, 0.1) is 0 Å². The van der Waals surface area contributed by atoms with Gasteiger partial charge in [-0.25, -0.2) is 0 Å². The molecule has 0 spiro atoms. The lowest BCUT2D eigenvalue weighted by atomic mass is 10.2. The van der Waals surface area contributed by atoms with Crippen molar-refractivity contribution in [3.8, 4) is 0 Å². The minimum atomic E-state index is -0.402. The van der Waals surface area contributed by atoms with Crippen LogP contribution in [0.4, 0.5) is 5.69 Å². The number of likely N-dealkylation sites (tertiary alicyclic amines) is 1. The first-order valence-electron chi connectivity index (χ1n) is 8.52. The largest absolute Gasteiger partial charge is 0.380 e. The molecule has 0 bridgehead atoms. The molecule has 0 saturated carbocycles. The number of rotatable bonds is 8. The second kappa shape index (κ2) is 9.57. The molecule has 1 aliphatic rings. The molecule has 1 saturated heterocycles. The zero-order chi connectivity index (χ0) is 17.4. The van der Waals surface area contributed by atoms with Crippen molar-refractivity contribution in [2.75, 3.05) is 30.4 Å². The van der Waals surface area contributed by atoms with E-state index in [1.54, 1.807) is 18.7 Å². The van der Waals surface area contributed by atoms with Crippen LogP contribution in [0.2, 0.25) is 0 Å². The zero-order valence-electron chi connectivity index (χ0n) is 14.5. The summed E-state index contributed by atoms with van der Waals surface area (Å²) in [5, 5.41) is 6.35. The summed E-state index contributed by atoms with van der Waals surface area (Å²) in [6.07, 6.45) is 4.02. The molecule has 2 amide bonds. The van der Waals surface area contributed by atoms with Gasteiger partial charge in [-0.05, 0) is 37.0 Å². The van der Waals surface area contributed by atoms with Crippen LogP contribution >= 0.6 is 11.8 Å². The maximum atomic E-state index is 12.8. The maximum Gasteiger partial charge on any atom is 0.245 e. The fraction of sp³-hybridized carbons (Fsp3) is 0.556. The normalized spacial score (nSPS) is 18.2. The second-order valence-electron chi connectivity index (χ2n) is 6.04. The van der Waals surface area contributed by atoms with E-state index in [0.717, 1.165) is 24.4 Å². The van der Waals surface area contributed by atoms with Gasteiger partial charge in [0.05, 0.1) is 0 Å². The molecule has 0 aromatic heterocycles. The zero-order valence-corrected chi connectivity index (χ0v) is 15.3. The van der Waals surface area contributed by atoms with Gasteiger partial charge in [0.1, 0.15) is 6.04 Å². The number of thioether (sulfide) groups is 1. The van der Waals surface area contributed by atoms with E-state index in [-0.39, 0.29) is 17.9 Å². The molecule has 1 aliphatic heterocycles. The Morgan fingerprint density at radius 2 is 2.08 bits per heavy atom. The van der Waals surface area contributed by atoms with Crippen LogP contribution in [-0.4, -0.2) is 53.9 Å². The van der Waals surface area contributed by atoms with Crippen LogP contribution in [0.1, 0.15) is 26.2 Å². The van der Waals surface area contributed by atoms with Gasteiger partial charge in [-0.1, -0.05) is 25.1 Å². The van der Waals surface area contributed by atoms with Crippen LogP contribution in [0.15, 0.2) is 30.3 Å². The van der Waals surface area contributed by atoms with Gasteiger partial charge in [0.15, 0.2) is 0 Å². The van der Waals surface area contributed by atoms with Crippen LogP contribution < -0.4 is 10.6 Å². The molecule has 2 rings (SSSR count). The number of anilines is 1. The Kier molecular flexibility index (Phi) is 7.43. The van der Waals surface area contributed by atoms with Gasteiger partial charge in [-0.15, -0.1) is 0 Å². The van der Waals surface area contributed by atoms with E-state index in [2.05, 4.69) is 10.6 Å². The second-order valence-corrected chi connectivity index (χ2v) is 7.02. The van der Waals surface area contributed by atoms with Gasteiger partial charge in [0.25, 0.3) is 0 Å². The highest BCUT2D eigenvalue weighted by molar-refractivity contribution is 7.98. The Morgan fingerprint density at radius 1 is 1.33 bits per heavy atom. The van der Waals surface area contributed by atoms with Gasteiger partial charge >= 0.3 is 0 Å². The van der Waals surface area contributed by atoms with E-state index in [4.69, 9.17) is 0 Å². The van der Waals surface area contributed by atoms with Crippen molar-refractivity contribution >= 4 is 29.3 Å². The molecule has 24 heavy (non-hydrogen) atoms.